The summed E-state index contributed by atoms with van der Waals surface area (Å²) in [4.78, 5) is 15.5. The van der Waals surface area contributed by atoms with E-state index in [0.717, 1.165) is 0 Å². The number of nitrogens with one attached hydrogen (secondary N) is 2. The first kappa shape index (κ1) is 16.3. The third kappa shape index (κ3) is 5.10. The Hall–Kier alpha value is -1.74. The number of aromatic nitrogens is 1. The molecule has 4 N–H and O–H groups in total. The van der Waals surface area contributed by atoms with Gasteiger partial charge in [-0.25, -0.2) is 22.9 Å². The summed E-state index contributed by atoms with van der Waals surface area (Å²) in [5.74, 6) is -1.60. The topological polar surface area (TPSA) is 114 Å². The van der Waals surface area contributed by atoms with E-state index in [4.69, 9.17) is 5.14 Å². The van der Waals surface area contributed by atoms with Gasteiger partial charge < -0.3 is 10.6 Å². The summed E-state index contributed by atoms with van der Waals surface area (Å²) in [5.41, 5.74) is -0.147. The van der Waals surface area contributed by atoms with Gasteiger partial charge in [0, 0.05) is 19.3 Å². The molecular weight excluding hydrogens is 287 g/mol. The third-order valence-electron chi connectivity index (χ3n) is 2.37. The van der Waals surface area contributed by atoms with Crippen LogP contribution in [0, 0.1) is 5.82 Å². The quantitative estimate of drug-likeness (QED) is 0.616. The standard InChI is InChI=1S/C11H17FN4O3S/c1-2-14-10-9(12)8(4-6-15-10)11(17)16-5-3-7-20(13,18)19/h4,6H,2-3,5,7H2,1H3,(H,14,15)(H,16,17)(H2,13,18,19). The lowest BCUT2D eigenvalue weighted by Crippen LogP contribution is -2.28. The van der Waals surface area contributed by atoms with Crippen LogP contribution in [-0.2, 0) is 10.0 Å². The van der Waals surface area contributed by atoms with Crippen LogP contribution in [0.25, 0.3) is 0 Å². The molecule has 1 aromatic rings. The molecule has 0 saturated carbocycles. The highest BCUT2D eigenvalue weighted by Crippen LogP contribution is 2.14. The minimum absolute atomic E-state index is 0.00434. The number of halogens is 1. The number of amides is 1. The molecule has 0 aromatic carbocycles. The van der Waals surface area contributed by atoms with Crippen molar-refractivity contribution in [3.63, 3.8) is 0 Å². The minimum atomic E-state index is -3.55. The van der Waals surface area contributed by atoms with Crippen molar-refractivity contribution < 1.29 is 17.6 Å². The van der Waals surface area contributed by atoms with Crippen LogP contribution in [0.5, 0.6) is 0 Å². The summed E-state index contributed by atoms with van der Waals surface area (Å²) in [6.07, 6.45) is 1.48. The maximum absolute atomic E-state index is 13.9. The van der Waals surface area contributed by atoms with Crippen LogP contribution in [-0.4, -0.2) is 38.2 Å². The van der Waals surface area contributed by atoms with Crippen molar-refractivity contribution >= 4 is 21.7 Å². The summed E-state index contributed by atoms with van der Waals surface area (Å²) in [5, 5.41) is 9.95. The fourth-order valence-electron chi connectivity index (χ4n) is 1.48. The Bertz CT molecular complexity index is 577. The van der Waals surface area contributed by atoms with Gasteiger partial charge in [-0.1, -0.05) is 0 Å². The molecule has 1 aromatic heterocycles. The maximum atomic E-state index is 13.9. The molecule has 0 unspecified atom stereocenters. The molecule has 1 rings (SSSR count). The smallest absolute Gasteiger partial charge is 0.254 e. The maximum Gasteiger partial charge on any atom is 0.254 e. The number of primary sulfonamides is 1. The van der Waals surface area contributed by atoms with Gasteiger partial charge in [0.05, 0.1) is 11.3 Å². The van der Waals surface area contributed by atoms with Gasteiger partial charge in [-0.3, -0.25) is 4.79 Å². The minimum Gasteiger partial charge on any atom is -0.368 e. The number of pyridine rings is 1. The predicted molar refractivity (Wildman–Crippen MR) is 73.3 cm³/mol. The third-order valence-corrected chi connectivity index (χ3v) is 3.23. The molecule has 0 bridgehead atoms. The van der Waals surface area contributed by atoms with Crippen molar-refractivity contribution in [3.8, 4) is 0 Å². The average Bonchev–Trinajstić information content (AvgIpc) is 2.36. The number of hydrogen-bond donors (Lipinski definition) is 3. The summed E-state index contributed by atoms with van der Waals surface area (Å²) in [6, 6.07) is 1.26. The lowest BCUT2D eigenvalue weighted by Gasteiger charge is -2.08. The molecule has 1 heterocycles. The van der Waals surface area contributed by atoms with Crippen LogP contribution in [0.3, 0.4) is 0 Å². The zero-order valence-corrected chi connectivity index (χ0v) is 11.8. The fraction of sp³-hybridized carbons (Fsp3) is 0.455. The van der Waals surface area contributed by atoms with Crippen LogP contribution >= 0.6 is 0 Å². The Morgan fingerprint density at radius 1 is 1.50 bits per heavy atom. The molecule has 112 valence electrons. The van der Waals surface area contributed by atoms with E-state index >= 15 is 0 Å². The van der Waals surface area contributed by atoms with E-state index in [0.29, 0.717) is 6.54 Å². The van der Waals surface area contributed by atoms with E-state index in [-0.39, 0.29) is 30.1 Å². The zero-order valence-electron chi connectivity index (χ0n) is 11.0. The molecule has 0 spiro atoms. The molecule has 0 aliphatic carbocycles. The molecule has 0 radical (unpaired) electrons. The highest BCUT2D eigenvalue weighted by atomic mass is 32.2. The lowest BCUT2D eigenvalue weighted by atomic mass is 10.2. The summed E-state index contributed by atoms with van der Waals surface area (Å²) < 4.78 is 35.3. The van der Waals surface area contributed by atoms with E-state index < -0.39 is 21.7 Å². The van der Waals surface area contributed by atoms with Crippen LogP contribution < -0.4 is 15.8 Å². The van der Waals surface area contributed by atoms with E-state index in [9.17, 15) is 17.6 Å². The normalized spacial score (nSPS) is 11.2. The van der Waals surface area contributed by atoms with Gasteiger partial charge in [-0.2, -0.15) is 0 Å². The lowest BCUT2D eigenvalue weighted by molar-refractivity contribution is 0.0949. The second-order valence-corrected chi connectivity index (χ2v) is 5.76. The number of carbonyl (C=O) groups excluding carboxylic acids is 1. The van der Waals surface area contributed by atoms with Gasteiger partial charge in [0.1, 0.15) is 0 Å². The highest BCUT2D eigenvalue weighted by Gasteiger charge is 2.15. The second-order valence-electron chi connectivity index (χ2n) is 4.03. The van der Waals surface area contributed by atoms with Gasteiger partial charge in [-0.05, 0) is 19.4 Å². The number of hydrogen-bond acceptors (Lipinski definition) is 5. The zero-order chi connectivity index (χ0) is 15.2. The molecule has 0 atom stereocenters. The number of nitrogens with zero attached hydrogens (tertiary/aromatic N) is 1. The van der Waals surface area contributed by atoms with Crippen LogP contribution in [0.4, 0.5) is 10.2 Å². The summed E-state index contributed by atoms with van der Waals surface area (Å²) in [7, 11) is -3.55. The van der Waals surface area contributed by atoms with Gasteiger partial charge in [0.25, 0.3) is 5.91 Å². The summed E-state index contributed by atoms with van der Waals surface area (Å²) in [6.45, 7) is 2.35. The number of carbonyl (C=O) groups is 1. The molecular formula is C11H17FN4O3S. The molecule has 1 amide bonds. The Morgan fingerprint density at radius 3 is 2.80 bits per heavy atom. The Balaban J connectivity index is 2.62. The van der Waals surface area contributed by atoms with Gasteiger partial charge in [0.15, 0.2) is 11.6 Å². The van der Waals surface area contributed by atoms with Crippen molar-refractivity contribution in [1.82, 2.24) is 10.3 Å². The molecule has 0 fully saturated rings. The Morgan fingerprint density at radius 2 is 2.20 bits per heavy atom. The van der Waals surface area contributed by atoms with Gasteiger partial charge in [0.2, 0.25) is 10.0 Å². The molecule has 0 aliphatic rings. The molecule has 7 nitrogen and oxygen atoms in total. The number of rotatable bonds is 7. The van der Waals surface area contributed by atoms with Crippen LogP contribution in [0.1, 0.15) is 23.7 Å². The van der Waals surface area contributed by atoms with E-state index in [1.165, 1.54) is 12.3 Å². The predicted octanol–water partition coefficient (Wildman–Crippen LogP) is 0.0609. The van der Waals surface area contributed by atoms with Crippen molar-refractivity contribution in [2.24, 2.45) is 5.14 Å². The van der Waals surface area contributed by atoms with Crippen molar-refractivity contribution in [3.05, 3.63) is 23.6 Å². The number of sulfonamides is 1. The number of anilines is 1. The summed E-state index contributed by atoms with van der Waals surface area (Å²) >= 11 is 0. The van der Waals surface area contributed by atoms with E-state index in [1.54, 1.807) is 6.92 Å². The van der Waals surface area contributed by atoms with Crippen molar-refractivity contribution in [2.45, 2.75) is 13.3 Å². The van der Waals surface area contributed by atoms with Crippen LogP contribution in [0.2, 0.25) is 0 Å². The highest BCUT2D eigenvalue weighted by molar-refractivity contribution is 7.89. The largest absolute Gasteiger partial charge is 0.368 e. The Kier molecular flexibility index (Phi) is 5.83. The first-order valence-corrected chi connectivity index (χ1v) is 7.73. The number of nitrogens with two attached hydrogens (primary N) is 1. The van der Waals surface area contributed by atoms with E-state index in [1.807, 2.05) is 0 Å². The van der Waals surface area contributed by atoms with E-state index in [2.05, 4.69) is 15.6 Å². The van der Waals surface area contributed by atoms with Gasteiger partial charge >= 0.3 is 0 Å². The van der Waals surface area contributed by atoms with Crippen molar-refractivity contribution in [1.29, 1.82) is 0 Å². The first-order chi connectivity index (χ1) is 9.35. The first-order valence-electron chi connectivity index (χ1n) is 6.02. The van der Waals surface area contributed by atoms with Crippen LogP contribution in [0.15, 0.2) is 12.3 Å². The molecule has 0 saturated heterocycles. The molecule has 0 aliphatic heterocycles. The average molecular weight is 304 g/mol. The molecule has 9 heteroatoms. The van der Waals surface area contributed by atoms with Gasteiger partial charge in [-0.15, -0.1) is 0 Å². The van der Waals surface area contributed by atoms with Crippen molar-refractivity contribution in [2.75, 3.05) is 24.2 Å². The fourth-order valence-corrected chi connectivity index (χ4v) is 2.03. The second kappa shape index (κ2) is 7.15. The molecule has 20 heavy (non-hydrogen) atoms. The monoisotopic (exact) mass is 304 g/mol. The SMILES string of the molecule is CCNc1nccc(C(=O)NCCCS(N)(=O)=O)c1F. The Labute approximate surface area is 116 Å².